The molecule has 0 spiro atoms. The van der Waals surface area contributed by atoms with Crippen LogP contribution in [0.1, 0.15) is 26.2 Å². The van der Waals surface area contributed by atoms with Crippen molar-refractivity contribution in [2.75, 3.05) is 17.6 Å². The van der Waals surface area contributed by atoms with Gasteiger partial charge in [0.05, 0.1) is 11.4 Å². The lowest BCUT2D eigenvalue weighted by Crippen LogP contribution is -2.40. The summed E-state index contributed by atoms with van der Waals surface area (Å²) in [5, 5.41) is 24.7. The van der Waals surface area contributed by atoms with E-state index in [1.54, 1.807) is 25.1 Å². The molecule has 3 saturated carbocycles. The monoisotopic (exact) mass is 353 g/mol. The maximum absolute atomic E-state index is 11.2. The quantitative estimate of drug-likeness (QED) is 0.655. The average molecular weight is 353 g/mol. The average Bonchev–Trinajstić information content (AvgIpc) is 3.10. The standard InChI is InChI=1S/C19H23N5O2/c1-11(25)21-10-19-7-12(8-19)16(9-19)22-15-6-14(23-24-18(15)20)13-4-2-3-5-17(13)26/h2-6,12,16,26H,7-10H2,1H3,(H2,20,24)(H,21,25)(H,22,23). The number of aromatic hydroxyl groups is 1. The zero-order valence-electron chi connectivity index (χ0n) is 14.7. The summed E-state index contributed by atoms with van der Waals surface area (Å²) in [4.78, 5) is 11.2. The molecule has 26 heavy (non-hydrogen) atoms. The van der Waals surface area contributed by atoms with Crippen molar-refractivity contribution in [3.05, 3.63) is 30.3 Å². The van der Waals surface area contributed by atoms with E-state index in [0.29, 0.717) is 29.0 Å². The van der Waals surface area contributed by atoms with Gasteiger partial charge in [-0.05, 0) is 48.8 Å². The Labute approximate surface area is 152 Å². The Morgan fingerprint density at radius 1 is 1.31 bits per heavy atom. The van der Waals surface area contributed by atoms with Crippen molar-refractivity contribution in [2.24, 2.45) is 11.3 Å². The van der Waals surface area contributed by atoms with Crippen LogP contribution in [-0.2, 0) is 4.79 Å². The molecule has 2 aromatic rings. The van der Waals surface area contributed by atoms with Gasteiger partial charge in [0.1, 0.15) is 5.75 Å². The fourth-order valence-electron chi connectivity index (χ4n) is 4.37. The van der Waals surface area contributed by atoms with Crippen LogP contribution in [-0.4, -0.2) is 33.8 Å². The number of benzene rings is 1. The number of fused-ring (bicyclic) bond motifs is 1. The molecule has 7 heteroatoms. The van der Waals surface area contributed by atoms with E-state index in [2.05, 4.69) is 20.8 Å². The second-order valence-electron chi connectivity index (χ2n) is 7.58. The summed E-state index contributed by atoms with van der Waals surface area (Å²) in [6.45, 7) is 2.30. The number of rotatable bonds is 5. The highest BCUT2D eigenvalue weighted by atomic mass is 16.3. The number of anilines is 2. The normalized spacial score (nSPS) is 26.2. The first-order valence-corrected chi connectivity index (χ1v) is 8.88. The SMILES string of the molecule is CC(=O)NCC12CC(C1)C(Nc1cc(-c3ccccc3O)nnc1N)C2. The molecule has 1 aromatic carbocycles. The van der Waals surface area contributed by atoms with Crippen LogP contribution in [0.2, 0.25) is 0 Å². The van der Waals surface area contributed by atoms with Crippen LogP contribution in [0.3, 0.4) is 0 Å². The number of nitrogen functional groups attached to an aromatic ring is 1. The first-order chi connectivity index (χ1) is 12.5. The molecule has 1 atom stereocenters. The van der Waals surface area contributed by atoms with E-state index in [4.69, 9.17) is 5.73 Å². The number of nitrogens with one attached hydrogen (secondary N) is 2. The lowest BCUT2D eigenvalue weighted by molar-refractivity contribution is -0.119. The Morgan fingerprint density at radius 3 is 2.81 bits per heavy atom. The van der Waals surface area contributed by atoms with Gasteiger partial charge in [-0.3, -0.25) is 4.79 Å². The molecular weight excluding hydrogens is 330 g/mol. The maximum Gasteiger partial charge on any atom is 0.216 e. The van der Waals surface area contributed by atoms with Crippen molar-refractivity contribution in [3.63, 3.8) is 0 Å². The van der Waals surface area contributed by atoms with E-state index in [1.165, 1.54) is 0 Å². The number of carbonyl (C=O) groups excluding carboxylic acids is 1. The predicted molar refractivity (Wildman–Crippen MR) is 99.4 cm³/mol. The topological polar surface area (TPSA) is 113 Å². The van der Waals surface area contributed by atoms with Crippen molar-refractivity contribution in [2.45, 2.75) is 32.2 Å². The van der Waals surface area contributed by atoms with Gasteiger partial charge in [-0.2, -0.15) is 0 Å². The highest BCUT2D eigenvalue weighted by Crippen LogP contribution is 2.59. The third-order valence-corrected chi connectivity index (χ3v) is 5.67. The van der Waals surface area contributed by atoms with Gasteiger partial charge < -0.3 is 21.5 Å². The van der Waals surface area contributed by atoms with Gasteiger partial charge in [0, 0.05) is 25.1 Å². The molecule has 7 nitrogen and oxygen atoms in total. The van der Waals surface area contributed by atoms with Crippen molar-refractivity contribution in [3.8, 4) is 17.0 Å². The summed E-state index contributed by atoms with van der Waals surface area (Å²) in [5.41, 5.74) is 8.18. The van der Waals surface area contributed by atoms with Crippen LogP contribution >= 0.6 is 0 Å². The summed E-state index contributed by atoms with van der Waals surface area (Å²) in [5.74, 6) is 1.12. The predicted octanol–water partition coefficient (Wildman–Crippen LogP) is 2.15. The molecule has 2 bridgehead atoms. The molecule has 136 valence electrons. The maximum atomic E-state index is 11.2. The Balaban J connectivity index is 1.50. The number of carbonyl (C=O) groups is 1. The lowest BCUT2D eigenvalue weighted by atomic mass is 9.69. The molecule has 1 heterocycles. The summed E-state index contributed by atoms with van der Waals surface area (Å²) >= 11 is 0. The molecule has 0 saturated heterocycles. The van der Waals surface area contributed by atoms with Gasteiger partial charge in [-0.25, -0.2) is 0 Å². The first-order valence-electron chi connectivity index (χ1n) is 8.88. The number of hydrogen-bond donors (Lipinski definition) is 4. The molecule has 1 aromatic heterocycles. The molecule has 5 N–H and O–H groups in total. The molecule has 3 aliphatic rings. The van der Waals surface area contributed by atoms with Crippen LogP contribution in [0, 0.1) is 11.3 Å². The minimum atomic E-state index is 0.0223. The first kappa shape index (κ1) is 16.6. The fourth-order valence-corrected chi connectivity index (χ4v) is 4.37. The minimum absolute atomic E-state index is 0.0223. The van der Waals surface area contributed by atoms with E-state index < -0.39 is 0 Å². The number of para-hydroxylation sites is 1. The van der Waals surface area contributed by atoms with Gasteiger partial charge >= 0.3 is 0 Å². The second-order valence-corrected chi connectivity index (χ2v) is 7.58. The van der Waals surface area contributed by atoms with E-state index in [9.17, 15) is 9.90 Å². The Kier molecular flexibility index (Phi) is 3.94. The van der Waals surface area contributed by atoms with Gasteiger partial charge in [0.15, 0.2) is 5.82 Å². The Hall–Kier alpha value is -2.83. The summed E-state index contributed by atoms with van der Waals surface area (Å²) in [7, 11) is 0. The molecule has 1 amide bonds. The van der Waals surface area contributed by atoms with E-state index in [-0.39, 0.29) is 17.1 Å². The number of amides is 1. The minimum Gasteiger partial charge on any atom is -0.507 e. The smallest absolute Gasteiger partial charge is 0.216 e. The number of phenolic OH excluding ortho intramolecular Hbond substituents is 1. The van der Waals surface area contributed by atoms with Crippen molar-refractivity contribution in [1.29, 1.82) is 0 Å². The van der Waals surface area contributed by atoms with Crippen LogP contribution in [0.15, 0.2) is 30.3 Å². The van der Waals surface area contributed by atoms with Gasteiger partial charge in [0.2, 0.25) is 5.91 Å². The number of phenols is 1. The van der Waals surface area contributed by atoms with Crippen LogP contribution in [0.5, 0.6) is 5.75 Å². The van der Waals surface area contributed by atoms with Gasteiger partial charge in [-0.1, -0.05) is 12.1 Å². The second kappa shape index (κ2) is 6.16. The van der Waals surface area contributed by atoms with E-state index >= 15 is 0 Å². The van der Waals surface area contributed by atoms with E-state index in [0.717, 1.165) is 31.5 Å². The molecular formula is C19H23N5O2. The van der Waals surface area contributed by atoms with Crippen LogP contribution in [0.4, 0.5) is 11.5 Å². The number of nitrogens with two attached hydrogens (primary N) is 1. The lowest BCUT2D eigenvalue weighted by Gasteiger charge is -2.38. The molecule has 5 rings (SSSR count). The van der Waals surface area contributed by atoms with Crippen molar-refractivity contribution in [1.82, 2.24) is 15.5 Å². The molecule has 0 radical (unpaired) electrons. The Bertz CT molecular complexity index is 848. The molecule has 1 unspecified atom stereocenters. The molecule has 3 fully saturated rings. The zero-order valence-corrected chi connectivity index (χ0v) is 14.7. The molecule has 3 aliphatic carbocycles. The number of nitrogens with zero attached hydrogens (tertiary/aromatic N) is 2. The van der Waals surface area contributed by atoms with E-state index in [1.807, 2.05) is 12.1 Å². The number of aromatic nitrogens is 2. The van der Waals surface area contributed by atoms with Crippen LogP contribution < -0.4 is 16.4 Å². The number of hydrogen-bond acceptors (Lipinski definition) is 6. The van der Waals surface area contributed by atoms with Crippen molar-refractivity contribution < 1.29 is 9.90 Å². The van der Waals surface area contributed by atoms with Crippen LogP contribution in [0.25, 0.3) is 11.3 Å². The molecule has 0 aliphatic heterocycles. The van der Waals surface area contributed by atoms with Crippen molar-refractivity contribution >= 4 is 17.4 Å². The zero-order chi connectivity index (χ0) is 18.3. The third-order valence-electron chi connectivity index (χ3n) is 5.67. The highest BCUT2D eigenvalue weighted by Gasteiger charge is 2.55. The summed E-state index contributed by atoms with van der Waals surface area (Å²) in [6, 6.07) is 9.19. The van der Waals surface area contributed by atoms with Gasteiger partial charge in [-0.15, -0.1) is 10.2 Å². The Morgan fingerprint density at radius 2 is 2.08 bits per heavy atom. The fraction of sp³-hybridized carbons (Fsp3) is 0.421. The largest absolute Gasteiger partial charge is 0.507 e. The third kappa shape index (κ3) is 2.94. The highest BCUT2D eigenvalue weighted by molar-refractivity contribution is 5.74. The van der Waals surface area contributed by atoms with Gasteiger partial charge in [0.25, 0.3) is 0 Å². The summed E-state index contributed by atoms with van der Waals surface area (Å²) in [6.07, 6.45) is 3.25. The summed E-state index contributed by atoms with van der Waals surface area (Å²) < 4.78 is 0.